The molecule has 84 valence electrons. The van der Waals surface area contributed by atoms with Crippen LogP contribution in [0.3, 0.4) is 0 Å². The highest BCUT2D eigenvalue weighted by atomic mass is 15.2. The zero-order valence-corrected chi connectivity index (χ0v) is 8.93. The van der Waals surface area contributed by atoms with Crippen molar-refractivity contribution in [1.29, 1.82) is 0 Å². The minimum Gasteiger partial charge on any atom is -0.380 e. The molecule has 0 spiro atoms. The van der Waals surface area contributed by atoms with Crippen LogP contribution in [0.25, 0.3) is 0 Å². The Labute approximate surface area is 98.0 Å². The Bertz CT molecular complexity index is 520. The lowest BCUT2D eigenvalue weighted by Crippen LogP contribution is -2.14. The van der Waals surface area contributed by atoms with Gasteiger partial charge in [-0.2, -0.15) is 5.10 Å². The smallest absolute Gasteiger partial charge is 0.173 e. The lowest BCUT2D eigenvalue weighted by Gasteiger charge is -1.94. The van der Waals surface area contributed by atoms with Gasteiger partial charge in [-0.15, -0.1) is 5.10 Å². The van der Waals surface area contributed by atoms with Crippen molar-refractivity contribution in [1.82, 2.24) is 15.0 Å². The summed E-state index contributed by atoms with van der Waals surface area (Å²) in [6.07, 6.45) is 9.57. The Balaban J connectivity index is 2.09. The first-order valence-electron chi connectivity index (χ1n) is 4.89. The molecule has 0 saturated heterocycles. The third-order valence-electron chi connectivity index (χ3n) is 1.88. The van der Waals surface area contributed by atoms with Gasteiger partial charge in [0.2, 0.25) is 0 Å². The Morgan fingerprint density at radius 2 is 2.06 bits per heavy atom. The summed E-state index contributed by atoms with van der Waals surface area (Å²) in [7, 11) is 0. The van der Waals surface area contributed by atoms with E-state index in [0.29, 0.717) is 5.69 Å². The van der Waals surface area contributed by atoms with Crippen LogP contribution in [0.5, 0.6) is 0 Å². The number of rotatable bonds is 3. The molecule has 0 aliphatic rings. The van der Waals surface area contributed by atoms with Gasteiger partial charge in [-0.1, -0.05) is 6.07 Å². The van der Waals surface area contributed by atoms with Gasteiger partial charge in [-0.05, 0) is 6.07 Å². The van der Waals surface area contributed by atoms with E-state index < -0.39 is 0 Å². The number of hydrogen-bond acceptors (Lipinski definition) is 5. The number of nitrogens with two attached hydrogens (primary N) is 1. The second-order valence-corrected chi connectivity index (χ2v) is 3.11. The van der Waals surface area contributed by atoms with Gasteiger partial charge in [0.15, 0.2) is 5.84 Å². The van der Waals surface area contributed by atoms with Crippen LogP contribution < -0.4 is 5.73 Å². The minimum atomic E-state index is 0.221. The average Bonchev–Trinajstić information content (AvgIpc) is 2.41. The third kappa shape index (κ3) is 3.16. The molecule has 0 aliphatic carbocycles. The van der Waals surface area contributed by atoms with E-state index in [0.717, 1.165) is 5.56 Å². The van der Waals surface area contributed by atoms with E-state index in [1.54, 1.807) is 31.0 Å². The summed E-state index contributed by atoms with van der Waals surface area (Å²) in [5.74, 6) is 0.221. The van der Waals surface area contributed by atoms with Gasteiger partial charge >= 0.3 is 0 Å². The predicted molar refractivity (Wildman–Crippen MR) is 64.6 cm³/mol. The Hall–Kier alpha value is -2.63. The van der Waals surface area contributed by atoms with Crippen molar-refractivity contribution < 1.29 is 0 Å². The number of amidine groups is 1. The average molecular weight is 226 g/mol. The minimum absolute atomic E-state index is 0.221. The SMILES string of the molecule is NC(=NN=Cc1cccnc1)c1cnccn1. The predicted octanol–water partition coefficient (Wildman–Crippen LogP) is 0.611. The van der Waals surface area contributed by atoms with Crippen LogP contribution in [0.2, 0.25) is 0 Å². The summed E-state index contributed by atoms with van der Waals surface area (Å²) in [6, 6.07) is 3.68. The number of pyridine rings is 1. The van der Waals surface area contributed by atoms with E-state index >= 15 is 0 Å². The van der Waals surface area contributed by atoms with Crippen molar-refractivity contribution in [2.24, 2.45) is 15.9 Å². The van der Waals surface area contributed by atoms with E-state index in [9.17, 15) is 0 Å². The van der Waals surface area contributed by atoms with E-state index in [4.69, 9.17) is 5.73 Å². The molecule has 6 heteroatoms. The van der Waals surface area contributed by atoms with Crippen molar-refractivity contribution in [3.63, 3.8) is 0 Å². The molecule has 2 aromatic heterocycles. The quantitative estimate of drug-likeness (QED) is 0.471. The highest BCUT2D eigenvalue weighted by Gasteiger charge is 1.97. The molecule has 0 atom stereocenters. The molecular formula is C11H10N6. The van der Waals surface area contributed by atoms with Crippen molar-refractivity contribution in [2.45, 2.75) is 0 Å². The molecule has 2 rings (SSSR count). The fourth-order valence-corrected chi connectivity index (χ4v) is 1.09. The summed E-state index contributed by atoms with van der Waals surface area (Å²) in [4.78, 5) is 11.8. The zero-order chi connectivity index (χ0) is 11.9. The van der Waals surface area contributed by atoms with Gasteiger partial charge < -0.3 is 5.73 Å². The monoisotopic (exact) mass is 226 g/mol. The molecule has 0 fully saturated rings. The van der Waals surface area contributed by atoms with Crippen molar-refractivity contribution in [2.75, 3.05) is 0 Å². The summed E-state index contributed by atoms with van der Waals surface area (Å²) < 4.78 is 0. The number of nitrogens with zero attached hydrogens (tertiary/aromatic N) is 5. The maximum Gasteiger partial charge on any atom is 0.173 e. The fraction of sp³-hybridized carbons (Fsp3) is 0. The molecule has 17 heavy (non-hydrogen) atoms. The molecular weight excluding hydrogens is 216 g/mol. The molecule has 6 nitrogen and oxygen atoms in total. The molecule has 0 amide bonds. The molecule has 0 radical (unpaired) electrons. The van der Waals surface area contributed by atoms with Gasteiger partial charge in [0.1, 0.15) is 5.69 Å². The van der Waals surface area contributed by atoms with Crippen LogP contribution in [-0.4, -0.2) is 27.0 Å². The fourth-order valence-electron chi connectivity index (χ4n) is 1.09. The molecule has 0 unspecified atom stereocenters. The Morgan fingerprint density at radius 3 is 2.76 bits per heavy atom. The molecule has 0 aromatic carbocycles. The first-order valence-corrected chi connectivity index (χ1v) is 4.89. The maximum atomic E-state index is 5.68. The maximum absolute atomic E-state index is 5.68. The van der Waals surface area contributed by atoms with Crippen LogP contribution in [-0.2, 0) is 0 Å². The second-order valence-electron chi connectivity index (χ2n) is 3.11. The second kappa shape index (κ2) is 5.45. The largest absolute Gasteiger partial charge is 0.380 e. The molecule has 2 aromatic rings. The van der Waals surface area contributed by atoms with Gasteiger partial charge in [-0.3, -0.25) is 9.97 Å². The zero-order valence-electron chi connectivity index (χ0n) is 8.93. The van der Waals surface area contributed by atoms with E-state index in [-0.39, 0.29) is 5.84 Å². The molecule has 0 aliphatic heterocycles. The van der Waals surface area contributed by atoms with Gasteiger partial charge in [-0.25, -0.2) is 4.98 Å². The van der Waals surface area contributed by atoms with Gasteiger partial charge in [0, 0.05) is 30.4 Å². The molecule has 0 bridgehead atoms. The van der Waals surface area contributed by atoms with Crippen LogP contribution in [0.1, 0.15) is 11.3 Å². The number of aromatic nitrogens is 3. The van der Waals surface area contributed by atoms with E-state index in [2.05, 4.69) is 25.2 Å². The first kappa shape index (κ1) is 10.9. The third-order valence-corrected chi connectivity index (χ3v) is 1.88. The molecule has 2 N–H and O–H groups in total. The van der Waals surface area contributed by atoms with E-state index in [1.807, 2.05) is 12.1 Å². The lowest BCUT2D eigenvalue weighted by atomic mass is 10.3. The summed E-state index contributed by atoms with van der Waals surface area (Å²) in [5, 5.41) is 7.67. The standard InChI is InChI=1S/C11H10N6/c12-11(10-8-14-4-5-15-10)17-16-7-9-2-1-3-13-6-9/h1-8H,(H2,12,17). The normalized spacial score (nSPS) is 11.9. The van der Waals surface area contributed by atoms with Crippen molar-refractivity contribution in [3.8, 4) is 0 Å². The van der Waals surface area contributed by atoms with Crippen molar-refractivity contribution in [3.05, 3.63) is 54.4 Å². The first-order chi connectivity index (χ1) is 8.36. The van der Waals surface area contributed by atoms with Gasteiger partial charge in [0.05, 0.1) is 12.4 Å². The highest BCUT2D eigenvalue weighted by Crippen LogP contribution is 1.93. The molecule has 0 saturated carbocycles. The van der Waals surface area contributed by atoms with Crippen LogP contribution in [0.15, 0.2) is 53.3 Å². The van der Waals surface area contributed by atoms with E-state index in [1.165, 1.54) is 6.20 Å². The van der Waals surface area contributed by atoms with Crippen LogP contribution >= 0.6 is 0 Å². The summed E-state index contributed by atoms with van der Waals surface area (Å²) in [6.45, 7) is 0. The van der Waals surface area contributed by atoms with Crippen LogP contribution in [0, 0.1) is 0 Å². The van der Waals surface area contributed by atoms with Crippen molar-refractivity contribution >= 4 is 12.1 Å². The topological polar surface area (TPSA) is 89.4 Å². The highest BCUT2D eigenvalue weighted by molar-refractivity contribution is 5.95. The van der Waals surface area contributed by atoms with Gasteiger partial charge in [0.25, 0.3) is 0 Å². The summed E-state index contributed by atoms with van der Waals surface area (Å²) in [5.41, 5.74) is 7.02. The lowest BCUT2D eigenvalue weighted by molar-refractivity contribution is 1.14. The molecule has 2 heterocycles. The Morgan fingerprint density at radius 1 is 1.18 bits per heavy atom. The Kier molecular flexibility index (Phi) is 3.49. The summed E-state index contributed by atoms with van der Waals surface area (Å²) >= 11 is 0. The number of hydrogen-bond donors (Lipinski definition) is 1. The van der Waals surface area contributed by atoms with Crippen LogP contribution in [0.4, 0.5) is 0 Å².